The molecule has 1 aliphatic heterocycles. The lowest BCUT2D eigenvalue weighted by molar-refractivity contribution is -0.121. The van der Waals surface area contributed by atoms with Crippen LogP contribution in [0.25, 0.3) is 0 Å². The van der Waals surface area contributed by atoms with E-state index in [-0.39, 0.29) is 24.7 Å². The molecule has 0 saturated carbocycles. The molecule has 2 rings (SSSR count). The van der Waals surface area contributed by atoms with Crippen molar-refractivity contribution in [2.45, 2.75) is 6.42 Å². The molecule has 0 aliphatic carbocycles. The Morgan fingerprint density at radius 3 is 2.79 bits per heavy atom. The summed E-state index contributed by atoms with van der Waals surface area (Å²) < 4.78 is 0. The minimum Gasteiger partial charge on any atom is -0.302 e. The summed E-state index contributed by atoms with van der Waals surface area (Å²) in [6, 6.07) is 1.59. The number of carbonyl (C=O) groups is 2. The number of rotatable bonds is 1. The molecule has 1 fully saturated rings. The maximum absolute atomic E-state index is 11.4. The van der Waals surface area contributed by atoms with Crippen molar-refractivity contribution in [3.8, 4) is 0 Å². The third kappa shape index (κ3) is 1.48. The molecule has 72 valence electrons. The molecule has 0 bridgehead atoms. The maximum Gasteiger partial charge on any atom is 0.235 e. The van der Waals surface area contributed by atoms with Crippen LogP contribution >= 0.6 is 11.6 Å². The fraction of sp³-hybridized carbons (Fsp3) is 0.222. The monoisotopic (exact) mass is 210 g/mol. The van der Waals surface area contributed by atoms with Gasteiger partial charge in [0.25, 0.3) is 0 Å². The number of hydrogen-bond acceptors (Lipinski definition) is 3. The molecule has 0 N–H and O–H groups in total. The van der Waals surface area contributed by atoms with Crippen molar-refractivity contribution < 1.29 is 9.59 Å². The predicted octanol–water partition coefficient (Wildman–Crippen LogP) is 1.04. The molecule has 0 atom stereocenters. The van der Waals surface area contributed by atoms with E-state index in [2.05, 4.69) is 4.98 Å². The Balaban J connectivity index is 2.36. The standard InChI is InChI=1S/C9H7ClN2O2/c10-7-1-2-11-4-8(7)12-5-6(13)3-9(12)14/h1-2,4H,3,5H2. The number of halogens is 1. The normalized spacial score (nSPS) is 16.5. The van der Waals surface area contributed by atoms with Crippen LogP contribution in [-0.2, 0) is 9.59 Å². The van der Waals surface area contributed by atoms with Crippen LogP contribution in [0.3, 0.4) is 0 Å². The Morgan fingerprint density at radius 2 is 2.21 bits per heavy atom. The van der Waals surface area contributed by atoms with Gasteiger partial charge in [0, 0.05) is 6.20 Å². The number of anilines is 1. The number of nitrogens with zero attached hydrogens (tertiary/aromatic N) is 2. The Hall–Kier alpha value is -1.42. The molecule has 0 aromatic carbocycles. The second kappa shape index (κ2) is 3.38. The molecule has 4 nitrogen and oxygen atoms in total. The van der Waals surface area contributed by atoms with Gasteiger partial charge in [0.1, 0.15) is 0 Å². The summed E-state index contributed by atoms with van der Waals surface area (Å²) in [5, 5.41) is 0.433. The molecule has 0 spiro atoms. The summed E-state index contributed by atoms with van der Waals surface area (Å²) in [4.78, 5) is 27.6. The summed E-state index contributed by atoms with van der Waals surface area (Å²) in [5.74, 6) is -0.306. The highest BCUT2D eigenvalue weighted by Crippen LogP contribution is 2.26. The van der Waals surface area contributed by atoms with Gasteiger partial charge in [-0.25, -0.2) is 0 Å². The first-order valence-electron chi connectivity index (χ1n) is 4.10. The lowest BCUT2D eigenvalue weighted by Gasteiger charge is -2.14. The molecule has 2 heterocycles. The first-order valence-corrected chi connectivity index (χ1v) is 4.48. The van der Waals surface area contributed by atoms with Crippen LogP contribution < -0.4 is 4.90 Å². The van der Waals surface area contributed by atoms with Gasteiger partial charge in [-0.05, 0) is 6.07 Å². The van der Waals surface area contributed by atoms with Crippen LogP contribution in [0.2, 0.25) is 5.02 Å². The molecule has 0 radical (unpaired) electrons. The third-order valence-electron chi connectivity index (χ3n) is 2.02. The van der Waals surface area contributed by atoms with Crippen molar-refractivity contribution in [2.24, 2.45) is 0 Å². The van der Waals surface area contributed by atoms with Gasteiger partial charge in [-0.2, -0.15) is 0 Å². The van der Waals surface area contributed by atoms with Crippen LogP contribution in [0.5, 0.6) is 0 Å². The van der Waals surface area contributed by atoms with Crippen LogP contribution in [0.1, 0.15) is 6.42 Å². The molecule has 1 aromatic heterocycles. The number of pyridine rings is 1. The Labute approximate surface area is 85.5 Å². The van der Waals surface area contributed by atoms with Gasteiger partial charge < -0.3 is 4.90 Å². The summed E-state index contributed by atoms with van der Waals surface area (Å²) in [6.07, 6.45) is 2.98. The van der Waals surface area contributed by atoms with Gasteiger partial charge in [-0.15, -0.1) is 0 Å². The summed E-state index contributed by atoms with van der Waals surface area (Å²) >= 11 is 5.87. The van der Waals surface area contributed by atoms with Crippen LogP contribution in [-0.4, -0.2) is 23.2 Å². The Bertz CT molecular complexity index is 406. The molecular weight excluding hydrogens is 204 g/mol. The molecule has 0 unspecified atom stereocenters. The number of hydrogen-bond donors (Lipinski definition) is 0. The number of aromatic nitrogens is 1. The van der Waals surface area contributed by atoms with E-state index < -0.39 is 0 Å². The Morgan fingerprint density at radius 1 is 1.43 bits per heavy atom. The topological polar surface area (TPSA) is 50.3 Å². The minimum atomic E-state index is -0.218. The zero-order chi connectivity index (χ0) is 10.1. The molecule has 1 amide bonds. The molecular formula is C9H7ClN2O2. The van der Waals surface area contributed by atoms with Gasteiger partial charge in [-0.1, -0.05) is 11.6 Å². The number of ketones is 1. The summed E-state index contributed by atoms with van der Waals surface area (Å²) in [5.41, 5.74) is 0.505. The van der Waals surface area contributed by atoms with E-state index in [0.717, 1.165) is 0 Å². The highest BCUT2D eigenvalue weighted by Gasteiger charge is 2.29. The van der Waals surface area contributed by atoms with E-state index in [1.807, 2.05) is 0 Å². The quantitative estimate of drug-likeness (QED) is 0.651. The molecule has 1 aromatic rings. The highest BCUT2D eigenvalue weighted by molar-refractivity contribution is 6.34. The first-order chi connectivity index (χ1) is 6.68. The van der Waals surface area contributed by atoms with E-state index in [4.69, 9.17) is 11.6 Å². The second-order valence-electron chi connectivity index (χ2n) is 3.02. The largest absolute Gasteiger partial charge is 0.302 e. The van der Waals surface area contributed by atoms with Gasteiger partial charge >= 0.3 is 0 Å². The van der Waals surface area contributed by atoms with Crippen molar-refractivity contribution in [3.63, 3.8) is 0 Å². The van der Waals surface area contributed by atoms with Crippen molar-refractivity contribution in [1.29, 1.82) is 0 Å². The fourth-order valence-electron chi connectivity index (χ4n) is 1.37. The van der Waals surface area contributed by atoms with Crippen LogP contribution in [0, 0.1) is 0 Å². The lowest BCUT2D eigenvalue weighted by Crippen LogP contribution is -2.24. The van der Waals surface area contributed by atoms with Crippen molar-refractivity contribution in [1.82, 2.24) is 4.98 Å². The fourth-order valence-corrected chi connectivity index (χ4v) is 1.58. The average Bonchev–Trinajstić information content (AvgIpc) is 2.46. The van der Waals surface area contributed by atoms with E-state index in [9.17, 15) is 9.59 Å². The van der Waals surface area contributed by atoms with Crippen molar-refractivity contribution in [2.75, 3.05) is 11.4 Å². The highest BCUT2D eigenvalue weighted by atomic mass is 35.5. The molecule has 1 aliphatic rings. The van der Waals surface area contributed by atoms with Crippen molar-refractivity contribution in [3.05, 3.63) is 23.5 Å². The van der Waals surface area contributed by atoms with E-state index >= 15 is 0 Å². The van der Waals surface area contributed by atoms with Crippen LogP contribution in [0.15, 0.2) is 18.5 Å². The van der Waals surface area contributed by atoms with Gasteiger partial charge in [-0.3, -0.25) is 14.6 Å². The van der Waals surface area contributed by atoms with Gasteiger partial charge in [0.15, 0.2) is 5.78 Å². The smallest absolute Gasteiger partial charge is 0.235 e. The number of amides is 1. The van der Waals surface area contributed by atoms with E-state index in [1.54, 1.807) is 6.07 Å². The van der Waals surface area contributed by atoms with Gasteiger partial charge in [0.2, 0.25) is 5.91 Å². The summed E-state index contributed by atoms with van der Waals surface area (Å²) in [6.45, 7) is 0.101. The first kappa shape index (κ1) is 9.15. The minimum absolute atomic E-state index is 0.0365. The maximum atomic E-state index is 11.4. The van der Waals surface area contributed by atoms with Gasteiger partial charge in [0.05, 0.1) is 29.9 Å². The summed E-state index contributed by atoms with van der Waals surface area (Å²) in [7, 11) is 0. The number of Topliss-reactive ketones (excluding diaryl/α,β-unsaturated/α-hetero) is 1. The second-order valence-corrected chi connectivity index (χ2v) is 3.43. The zero-order valence-electron chi connectivity index (χ0n) is 7.24. The van der Waals surface area contributed by atoms with E-state index in [0.29, 0.717) is 10.7 Å². The number of carbonyl (C=O) groups excluding carboxylic acids is 2. The lowest BCUT2D eigenvalue weighted by atomic mass is 10.3. The zero-order valence-corrected chi connectivity index (χ0v) is 7.99. The van der Waals surface area contributed by atoms with Crippen LogP contribution in [0.4, 0.5) is 5.69 Å². The average molecular weight is 211 g/mol. The van der Waals surface area contributed by atoms with Crippen molar-refractivity contribution >= 4 is 29.0 Å². The molecule has 5 heteroatoms. The third-order valence-corrected chi connectivity index (χ3v) is 2.34. The SMILES string of the molecule is O=C1CC(=O)N(c2cnccc2Cl)C1. The predicted molar refractivity (Wildman–Crippen MR) is 51.2 cm³/mol. The Kier molecular flexibility index (Phi) is 2.21. The molecule has 1 saturated heterocycles. The molecule has 14 heavy (non-hydrogen) atoms. The van der Waals surface area contributed by atoms with E-state index in [1.165, 1.54) is 17.3 Å².